The minimum atomic E-state index is -0.717. The Hall–Kier alpha value is -4.78. The smallest absolute Gasteiger partial charge is 0.266 e. The Morgan fingerprint density at radius 1 is 1.09 bits per heavy atom. The van der Waals surface area contributed by atoms with Gasteiger partial charge in [0.1, 0.15) is 23.3 Å². The maximum Gasteiger partial charge on any atom is 0.266 e. The van der Waals surface area contributed by atoms with E-state index in [4.69, 9.17) is 22.2 Å². The van der Waals surface area contributed by atoms with Gasteiger partial charge in [0.2, 0.25) is 11.9 Å². The lowest BCUT2D eigenvalue weighted by molar-refractivity contribution is 0.100. The van der Waals surface area contributed by atoms with E-state index >= 15 is 0 Å². The van der Waals surface area contributed by atoms with Gasteiger partial charge in [0, 0.05) is 12.3 Å². The van der Waals surface area contributed by atoms with E-state index in [1.54, 1.807) is 36.4 Å². The fourth-order valence-electron chi connectivity index (χ4n) is 3.81. The molecule has 10 heteroatoms. The van der Waals surface area contributed by atoms with Crippen molar-refractivity contribution in [3.63, 3.8) is 0 Å². The third-order valence-corrected chi connectivity index (χ3v) is 5.28. The number of amides is 1. The van der Waals surface area contributed by atoms with Gasteiger partial charge < -0.3 is 17.2 Å². The van der Waals surface area contributed by atoms with Crippen LogP contribution >= 0.6 is 0 Å². The molecule has 2 heterocycles. The number of carbonyl (C=O) groups excluding carboxylic acids is 1. The summed E-state index contributed by atoms with van der Waals surface area (Å²) in [6, 6.07) is 15.7. The quantitative estimate of drug-likeness (QED) is 0.419. The first-order valence-electron chi connectivity index (χ1n) is 10.0. The molecule has 4 aromatic rings. The lowest BCUT2D eigenvalue weighted by atomic mass is 10.00. The predicted octanol–water partition coefficient (Wildman–Crippen LogP) is 1.66. The van der Waals surface area contributed by atoms with Crippen LogP contribution < -0.4 is 22.8 Å². The van der Waals surface area contributed by atoms with Crippen molar-refractivity contribution in [1.29, 1.82) is 5.26 Å². The molecule has 1 amide bonds. The van der Waals surface area contributed by atoms with Crippen molar-refractivity contribution in [2.45, 2.75) is 19.3 Å². The Bertz CT molecular complexity index is 1490. The van der Waals surface area contributed by atoms with Crippen molar-refractivity contribution in [2.75, 3.05) is 11.5 Å². The van der Waals surface area contributed by atoms with E-state index in [0.29, 0.717) is 22.7 Å². The highest BCUT2D eigenvalue weighted by Crippen LogP contribution is 2.25. The van der Waals surface area contributed by atoms with Crippen LogP contribution in [0.2, 0.25) is 0 Å². The fourth-order valence-corrected chi connectivity index (χ4v) is 3.81. The monoisotopic (exact) mass is 440 g/mol. The SMILES string of the molecule is CC(Cc1nc(N)nc(N)c1C#N)c1nc2cccc(C(N)=O)c2c(=O)n1-c1ccccc1. The molecule has 0 aliphatic heterocycles. The summed E-state index contributed by atoms with van der Waals surface area (Å²) >= 11 is 0. The zero-order valence-electron chi connectivity index (χ0n) is 17.7. The molecule has 0 fully saturated rings. The van der Waals surface area contributed by atoms with E-state index in [-0.39, 0.29) is 40.6 Å². The van der Waals surface area contributed by atoms with Gasteiger partial charge >= 0.3 is 0 Å². The molecule has 6 N–H and O–H groups in total. The van der Waals surface area contributed by atoms with Crippen molar-refractivity contribution in [3.05, 3.63) is 81.5 Å². The van der Waals surface area contributed by atoms with E-state index in [9.17, 15) is 14.9 Å². The number of hydrogen-bond acceptors (Lipinski definition) is 8. The summed E-state index contributed by atoms with van der Waals surface area (Å²) < 4.78 is 1.44. The molecule has 1 atom stereocenters. The summed E-state index contributed by atoms with van der Waals surface area (Å²) in [5, 5.41) is 9.65. The Morgan fingerprint density at radius 3 is 2.48 bits per heavy atom. The maximum atomic E-state index is 13.7. The Labute approximate surface area is 188 Å². The Morgan fingerprint density at radius 2 is 1.82 bits per heavy atom. The molecule has 0 aliphatic carbocycles. The first-order valence-corrected chi connectivity index (χ1v) is 10.0. The first kappa shape index (κ1) is 21.5. The number of nitrogens with zero attached hydrogens (tertiary/aromatic N) is 5. The number of hydrogen-bond donors (Lipinski definition) is 3. The number of anilines is 2. The molecular formula is C23H20N8O2. The largest absolute Gasteiger partial charge is 0.382 e. The highest BCUT2D eigenvalue weighted by molar-refractivity contribution is 6.05. The lowest BCUT2D eigenvalue weighted by Gasteiger charge is -2.19. The summed E-state index contributed by atoms with van der Waals surface area (Å²) in [7, 11) is 0. The number of nitriles is 1. The van der Waals surface area contributed by atoms with Crippen LogP contribution in [0.5, 0.6) is 0 Å². The highest BCUT2D eigenvalue weighted by Gasteiger charge is 2.23. The van der Waals surface area contributed by atoms with Crippen molar-refractivity contribution < 1.29 is 4.79 Å². The molecule has 0 bridgehead atoms. The minimum absolute atomic E-state index is 0.00906. The van der Waals surface area contributed by atoms with Crippen LogP contribution in [-0.2, 0) is 6.42 Å². The number of benzene rings is 2. The molecule has 0 saturated carbocycles. The normalized spacial score (nSPS) is 11.8. The molecule has 0 aliphatic rings. The molecule has 0 spiro atoms. The average molecular weight is 440 g/mol. The van der Waals surface area contributed by atoms with Gasteiger partial charge in [-0.25, -0.2) is 9.97 Å². The maximum absolute atomic E-state index is 13.7. The molecule has 0 radical (unpaired) electrons. The Balaban J connectivity index is 1.97. The number of rotatable bonds is 5. The van der Waals surface area contributed by atoms with Gasteiger partial charge in [-0.15, -0.1) is 0 Å². The van der Waals surface area contributed by atoms with Crippen LogP contribution in [0.4, 0.5) is 11.8 Å². The van der Waals surface area contributed by atoms with E-state index in [1.165, 1.54) is 10.6 Å². The molecule has 33 heavy (non-hydrogen) atoms. The number of fused-ring (bicyclic) bond motifs is 1. The molecule has 1 unspecified atom stereocenters. The number of aromatic nitrogens is 4. The Kier molecular flexibility index (Phi) is 5.46. The van der Waals surface area contributed by atoms with Crippen molar-refractivity contribution in [1.82, 2.24) is 19.5 Å². The molecule has 2 aromatic heterocycles. The zero-order valence-corrected chi connectivity index (χ0v) is 17.7. The summed E-state index contributed by atoms with van der Waals surface area (Å²) in [6.45, 7) is 1.85. The van der Waals surface area contributed by atoms with Crippen molar-refractivity contribution >= 4 is 28.6 Å². The number of carbonyl (C=O) groups is 1. The van der Waals surface area contributed by atoms with Gasteiger partial charge in [-0.1, -0.05) is 31.2 Å². The van der Waals surface area contributed by atoms with Crippen LogP contribution in [0.1, 0.15) is 40.3 Å². The predicted molar refractivity (Wildman–Crippen MR) is 124 cm³/mol. The van der Waals surface area contributed by atoms with Gasteiger partial charge in [0.05, 0.1) is 27.8 Å². The van der Waals surface area contributed by atoms with Crippen LogP contribution in [-0.4, -0.2) is 25.4 Å². The highest BCUT2D eigenvalue weighted by atomic mass is 16.1. The van der Waals surface area contributed by atoms with Gasteiger partial charge in [-0.2, -0.15) is 10.2 Å². The van der Waals surface area contributed by atoms with E-state index in [2.05, 4.69) is 9.97 Å². The fraction of sp³-hybridized carbons (Fsp3) is 0.130. The van der Waals surface area contributed by atoms with E-state index < -0.39 is 11.5 Å². The van der Waals surface area contributed by atoms with E-state index in [0.717, 1.165) is 0 Å². The van der Waals surface area contributed by atoms with Crippen LogP contribution in [0.3, 0.4) is 0 Å². The van der Waals surface area contributed by atoms with Crippen LogP contribution in [0.25, 0.3) is 16.6 Å². The van der Waals surface area contributed by atoms with Gasteiger partial charge in [0.25, 0.3) is 5.56 Å². The number of para-hydroxylation sites is 1. The molecule has 0 saturated heterocycles. The lowest BCUT2D eigenvalue weighted by Crippen LogP contribution is -2.28. The molecular weight excluding hydrogens is 420 g/mol. The topological polar surface area (TPSA) is 180 Å². The third-order valence-electron chi connectivity index (χ3n) is 5.28. The van der Waals surface area contributed by atoms with Crippen molar-refractivity contribution in [2.24, 2.45) is 5.73 Å². The number of nitrogens with two attached hydrogens (primary N) is 3. The molecule has 4 rings (SSSR count). The summed E-state index contributed by atoms with van der Waals surface area (Å²) in [4.78, 5) is 38.4. The van der Waals surface area contributed by atoms with Gasteiger partial charge in [-0.3, -0.25) is 14.2 Å². The van der Waals surface area contributed by atoms with Crippen LogP contribution in [0, 0.1) is 11.3 Å². The van der Waals surface area contributed by atoms with Gasteiger partial charge in [0.15, 0.2) is 0 Å². The van der Waals surface area contributed by atoms with Crippen molar-refractivity contribution in [3.8, 4) is 11.8 Å². The second-order valence-corrected chi connectivity index (χ2v) is 7.52. The second kappa shape index (κ2) is 8.39. The average Bonchev–Trinajstić information content (AvgIpc) is 2.78. The number of nitrogen functional groups attached to an aromatic ring is 2. The second-order valence-electron chi connectivity index (χ2n) is 7.52. The molecule has 2 aromatic carbocycles. The van der Waals surface area contributed by atoms with Gasteiger partial charge in [-0.05, 0) is 24.3 Å². The zero-order chi connectivity index (χ0) is 23.7. The summed E-state index contributed by atoms with van der Waals surface area (Å²) in [6.07, 6.45) is 0.222. The third kappa shape index (κ3) is 3.83. The molecule has 10 nitrogen and oxygen atoms in total. The first-order chi connectivity index (χ1) is 15.8. The number of primary amides is 1. The van der Waals surface area contributed by atoms with Crippen LogP contribution in [0.15, 0.2) is 53.3 Å². The van der Waals surface area contributed by atoms with E-state index in [1.807, 2.05) is 19.1 Å². The standard InChI is InChI=1S/C23H20N8O2/c1-12(10-17-15(11-24)19(25)30-23(27)29-17)21-28-16-9-5-8-14(20(26)32)18(16)22(33)31(21)13-6-3-2-4-7-13/h2-9,12H,10H2,1H3,(H2,26,32)(H4,25,27,29,30). The summed E-state index contributed by atoms with van der Waals surface area (Å²) in [5.41, 5.74) is 18.2. The summed E-state index contributed by atoms with van der Waals surface area (Å²) in [5.74, 6) is -0.747. The molecule has 164 valence electrons. The minimum Gasteiger partial charge on any atom is -0.382 e.